The highest BCUT2D eigenvalue weighted by molar-refractivity contribution is 5.89. The number of hydrogen-bond donors (Lipinski definition) is 8. The van der Waals surface area contributed by atoms with Gasteiger partial charge in [0.15, 0.2) is 22.5 Å². The summed E-state index contributed by atoms with van der Waals surface area (Å²) in [6, 6.07) is 5.47. The SMILES string of the molecule is O=c1cc(-c2ccc(O)c(O)c2)oc2c([C@H]3OC(CO)[C@@H](O)C(O)[C@@H]3O)c(O)cc(O)c12. The normalized spacial score (nSPS) is 25.8. The fourth-order valence-electron chi connectivity index (χ4n) is 3.76. The van der Waals surface area contributed by atoms with Gasteiger partial charge in [0.05, 0.1) is 12.2 Å². The first-order valence-corrected chi connectivity index (χ1v) is 9.49. The zero-order valence-corrected chi connectivity index (χ0v) is 16.3. The predicted molar refractivity (Wildman–Crippen MR) is 107 cm³/mol. The van der Waals surface area contributed by atoms with Crippen LogP contribution in [0.3, 0.4) is 0 Å². The molecule has 0 saturated carbocycles. The third kappa shape index (κ3) is 3.42. The largest absolute Gasteiger partial charge is 0.507 e. The van der Waals surface area contributed by atoms with E-state index in [-0.39, 0.29) is 27.9 Å². The summed E-state index contributed by atoms with van der Waals surface area (Å²) in [5.41, 5.74) is -1.27. The van der Waals surface area contributed by atoms with Gasteiger partial charge in [0.1, 0.15) is 53.2 Å². The molecule has 1 aromatic heterocycles. The van der Waals surface area contributed by atoms with E-state index in [0.29, 0.717) is 0 Å². The fourth-order valence-corrected chi connectivity index (χ4v) is 3.76. The van der Waals surface area contributed by atoms with E-state index in [0.717, 1.165) is 24.3 Å². The Morgan fingerprint density at radius 3 is 2.19 bits per heavy atom. The number of aliphatic hydroxyl groups excluding tert-OH is 4. The molecule has 0 aliphatic carbocycles. The summed E-state index contributed by atoms with van der Waals surface area (Å²) in [7, 11) is 0. The number of hydrogen-bond acceptors (Lipinski definition) is 11. The van der Waals surface area contributed by atoms with Gasteiger partial charge in [-0.1, -0.05) is 0 Å². The highest BCUT2D eigenvalue weighted by Gasteiger charge is 2.46. The molecule has 8 N–H and O–H groups in total. The number of aliphatic hydroxyl groups is 4. The Morgan fingerprint density at radius 1 is 0.812 bits per heavy atom. The summed E-state index contributed by atoms with van der Waals surface area (Å²) < 4.78 is 11.2. The second kappa shape index (κ2) is 7.97. The lowest BCUT2D eigenvalue weighted by molar-refractivity contribution is -0.231. The Bertz CT molecular complexity index is 1230. The first kappa shape index (κ1) is 21.9. The van der Waals surface area contributed by atoms with Crippen LogP contribution in [-0.4, -0.2) is 71.9 Å². The van der Waals surface area contributed by atoms with Crippen LogP contribution >= 0.6 is 0 Å². The number of phenolic OH excluding ortho intramolecular Hbond substituents is 4. The third-order valence-electron chi connectivity index (χ3n) is 5.43. The highest BCUT2D eigenvalue weighted by Crippen LogP contribution is 2.44. The summed E-state index contributed by atoms with van der Waals surface area (Å²) in [6.07, 6.45) is -8.07. The van der Waals surface area contributed by atoms with Crippen LogP contribution < -0.4 is 5.43 Å². The lowest BCUT2D eigenvalue weighted by Gasteiger charge is -2.40. The van der Waals surface area contributed by atoms with Crippen LogP contribution in [0.15, 0.2) is 39.5 Å². The van der Waals surface area contributed by atoms with Gasteiger partial charge < -0.3 is 50.0 Å². The molecule has 1 aliphatic heterocycles. The maximum atomic E-state index is 12.8. The van der Waals surface area contributed by atoms with E-state index in [1.807, 2.05) is 0 Å². The van der Waals surface area contributed by atoms with E-state index in [1.54, 1.807) is 0 Å². The van der Waals surface area contributed by atoms with Crippen molar-refractivity contribution in [1.82, 2.24) is 0 Å². The van der Waals surface area contributed by atoms with Crippen LogP contribution in [0.1, 0.15) is 11.7 Å². The zero-order valence-electron chi connectivity index (χ0n) is 16.3. The molecule has 11 heteroatoms. The molecule has 0 spiro atoms. The molecule has 170 valence electrons. The van der Waals surface area contributed by atoms with Crippen molar-refractivity contribution in [3.8, 4) is 34.3 Å². The lowest BCUT2D eigenvalue weighted by Crippen LogP contribution is -2.55. The number of rotatable bonds is 3. The molecule has 5 atom stereocenters. The molecule has 1 fully saturated rings. The van der Waals surface area contributed by atoms with Gasteiger partial charge in [0, 0.05) is 17.7 Å². The summed E-state index contributed by atoms with van der Waals surface area (Å²) in [6.45, 7) is -0.722. The summed E-state index contributed by atoms with van der Waals surface area (Å²) in [5, 5.41) is 79.7. The van der Waals surface area contributed by atoms with Crippen molar-refractivity contribution in [2.45, 2.75) is 30.5 Å². The summed E-state index contributed by atoms with van der Waals surface area (Å²) in [5.74, 6) is -2.28. The fraction of sp³-hybridized carbons (Fsp3) is 0.286. The Kier molecular flexibility index (Phi) is 5.44. The van der Waals surface area contributed by atoms with Gasteiger partial charge in [0.2, 0.25) is 0 Å². The van der Waals surface area contributed by atoms with E-state index in [9.17, 15) is 45.6 Å². The molecule has 0 radical (unpaired) electrons. The van der Waals surface area contributed by atoms with Gasteiger partial charge in [0.25, 0.3) is 0 Å². The molecule has 11 nitrogen and oxygen atoms in total. The molecule has 0 bridgehead atoms. The van der Waals surface area contributed by atoms with E-state index < -0.39 is 65.6 Å². The number of aromatic hydroxyl groups is 4. The van der Waals surface area contributed by atoms with Crippen molar-refractivity contribution < 1.29 is 50.0 Å². The van der Waals surface area contributed by atoms with Crippen LogP contribution in [0.5, 0.6) is 23.0 Å². The molecule has 3 aromatic rings. The first-order valence-electron chi connectivity index (χ1n) is 9.49. The van der Waals surface area contributed by atoms with Crippen LogP contribution in [0.4, 0.5) is 0 Å². The second-order valence-electron chi connectivity index (χ2n) is 7.46. The van der Waals surface area contributed by atoms with Crippen LogP contribution in [-0.2, 0) is 4.74 Å². The molecule has 2 heterocycles. The number of ether oxygens (including phenoxy) is 1. The molecular weight excluding hydrogens is 428 g/mol. The van der Waals surface area contributed by atoms with Gasteiger partial charge in [-0.25, -0.2) is 0 Å². The van der Waals surface area contributed by atoms with E-state index >= 15 is 0 Å². The van der Waals surface area contributed by atoms with Crippen molar-refractivity contribution in [2.24, 2.45) is 0 Å². The van der Waals surface area contributed by atoms with Gasteiger partial charge in [-0.3, -0.25) is 4.79 Å². The van der Waals surface area contributed by atoms with Gasteiger partial charge in [-0.2, -0.15) is 0 Å². The minimum Gasteiger partial charge on any atom is -0.507 e. The van der Waals surface area contributed by atoms with Crippen molar-refractivity contribution >= 4 is 11.0 Å². The molecule has 1 aliphatic rings. The molecule has 2 aromatic carbocycles. The van der Waals surface area contributed by atoms with Crippen LogP contribution in [0.2, 0.25) is 0 Å². The Labute approximate surface area is 179 Å². The monoisotopic (exact) mass is 448 g/mol. The van der Waals surface area contributed by atoms with Gasteiger partial charge in [-0.15, -0.1) is 0 Å². The molecule has 1 saturated heterocycles. The second-order valence-corrected chi connectivity index (χ2v) is 7.46. The summed E-state index contributed by atoms with van der Waals surface area (Å²) >= 11 is 0. The van der Waals surface area contributed by atoms with Crippen LogP contribution in [0.25, 0.3) is 22.3 Å². The van der Waals surface area contributed by atoms with Crippen molar-refractivity contribution in [3.05, 3.63) is 46.1 Å². The topological polar surface area (TPSA) is 201 Å². The molecule has 4 rings (SSSR count). The Hall–Kier alpha value is -3.35. The van der Waals surface area contributed by atoms with Gasteiger partial charge >= 0.3 is 0 Å². The standard InChI is InChI=1S/C21H20O11/c22-6-14-17(28)18(29)19(30)21(32-14)16-11(26)4-10(25)15-12(27)5-13(31-20(15)16)7-1-2-8(23)9(24)3-7/h1-5,14,17-19,21-26,28-30H,6H2/t14?,17-,18?,19+,21-/m1/s1. The van der Waals surface area contributed by atoms with Crippen molar-refractivity contribution in [3.63, 3.8) is 0 Å². The number of phenols is 4. The number of fused-ring (bicyclic) bond motifs is 1. The van der Waals surface area contributed by atoms with E-state index in [1.165, 1.54) is 6.07 Å². The van der Waals surface area contributed by atoms with Gasteiger partial charge in [-0.05, 0) is 18.2 Å². The van der Waals surface area contributed by atoms with E-state index in [2.05, 4.69) is 0 Å². The van der Waals surface area contributed by atoms with Crippen LogP contribution in [0, 0.1) is 0 Å². The minimum absolute atomic E-state index is 0.117. The minimum atomic E-state index is -1.79. The summed E-state index contributed by atoms with van der Waals surface area (Å²) in [4.78, 5) is 12.8. The quantitative estimate of drug-likeness (QED) is 0.247. The van der Waals surface area contributed by atoms with E-state index in [4.69, 9.17) is 9.15 Å². The first-order chi connectivity index (χ1) is 15.1. The zero-order chi connectivity index (χ0) is 23.3. The molecule has 32 heavy (non-hydrogen) atoms. The maximum Gasteiger partial charge on any atom is 0.197 e. The molecular formula is C21H20O11. The average molecular weight is 448 g/mol. The maximum absolute atomic E-state index is 12.8. The Morgan fingerprint density at radius 2 is 1.53 bits per heavy atom. The predicted octanol–water partition coefficient (Wildman–Crippen LogP) is -0.203. The van der Waals surface area contributed by atoms with Crippen molar-refractivity contribution in [2.75, 3.05) is 6.61 Å². The Balaban J connectivity index is 1.97. The lowest BCUT2D eigenvalue weighted by atomic mass is 9.89. The average Bonchev–Trinajstić information content (AvgIpc) is 2.74. The molecule has 2 unspecified atom stereocenters. The van der Waals surface area contributed by atoms with Crippen molar-refractivity contribution in [1.29, 1.82) is 0 Å². The highest BCUT2D eigenvalue weighted by atomic mass is 16.5. The smallest absolute Gasteiger partial charge is 0.197 e. The third-order valence-corrected chi connectivity index (χ3v) is 5.43. The number of benzene rings is 2. The molecule has 0 amide bonds.